The average Bonchev–Trinajstić information content (AvgIpc) is 2.83. The van der Waals surface area contributed by atoms with Gasteiger partial charge in [-0.15, -0.1) is 0 Å². The summed E-state index contributed by atoms with van der Waals surface area (Å²) in [5.74, 6) is -0.216. The van der Waals surface area contributed by atoms with Crippen LogP contribution < -0.4 is 0 Å². The molecule has 1 saturated heterocycles. The van der Waals surface area contributed by atoms with Gasteiger partial charge in [0.25, 0.3) is 0 Å². The fourth-order valence-corrected chi connectivity index (χ4v) is 4.12. The highest BCUT2D eigenvalue weighted by atomic mass is 16.6. The molecule has 0 amide bonds. The summed E-state index contributed by atoms with van der Waals surface area (Å²) in [4.78, 5) is 23.3. The molecule has 1 heterocycles. The van der Waals surface area contributed by atoms with Crippen molar-refractivity contribution in [2.45, 2.75) is 25.0 Å². The van der Waals surface area contributed by atoms with E-state index in [9.17, 15) is 9.59 Å². The molecule has 0 N–H and O–H groups in total. The summed E-state index contributed by atoms with van der Waals surface area (Å²) in [7, 11) is 1.61. The van der Waals surface area contributed by atoms with Gasteiger partial charge in [-0.1, -0.05) is 6.58 Å². The number of fused-ring (bicyclic) bond motifs is 2. The van der Waals surface area contributed by atoms with E-state index in [1.807, 2.05) is 0 Å². The number of rotatable bonds is 3. The lowest BCUT2D eigenvalue weighted by molar-refractivity contribution is -0.192. The molecule has 0 spiro atoms. The monoisotopic (exact) mass is 266 g/mol. The van der Waals surface area contributed by atoms with Crippen molar-refractivity contribution in [2.24, 2.45) is 23.7 Å². The van der Waals surface area contributed by atoms with Gasteiger partial charge in [-0.25, -0.2) is 4.79 Å². The molecular weight excluding hydrogens is 248 g/mol. The van der Waals surface area contributed by atoms with E-state index in [-0.39, 0.29) is 41.8 Å². The minimum absolute atomic E-state index is 0.0811. The third-order valence-corrected chi connectivity index (χ3v) is 4.85. The number of hydrogen-bond acceptors (Lipinski definition) is 5. The molecule has 104 valence electrons. The molecule has 0 aromatic heterocycles. The van der Waals surface area contributed by atoms with Crippen LogP contribution in [0.25, 0.3) is 0 Å². The molecule has 3 saturated carbocycles. The summed E-state index contributed by atoms with van der Waals surface area (Å²) >= 11 is 0. The molecule has 4 fully saturated rings. The van der Waals surface area contributed by atoms with E-state index in [1.165, 1.54) is 6.08 Å². The maximum atomic E-state index is 11.8. The predicted molar refractivity (Wildman–Crippen MR) is 65.0 cm³/mol. The zero-order valence-electron chi connectivity index (χ0n) is 10.9. The van der Waals surface area contributed by atoms with Gasteiger partial charge in [-0.3, -0.25) is 4.79 Å². The summed E-state index contributed by atoms with van der Waals surface area (Å²) in [5, 5.41) is 0. The smallest absolute Gasteiger partial charge is 0.330 e. The zero-order chi connectivity index (χ0) is 13.6. The lowest BCUT2D eigenvalue weighted by Crippen LogP contribution is -2.59. The number of esters is 2. The first-order valence-corrected chi connectivity index (χ1v) is 6.70. The van der Waals surface area contributed by atoms with Crippen LogP contribution in [0.2, 0.25) is 0 Å². The number of methoxy groups -OCH3 is 1. The highest BCUT2D eigenvalue weighted by molar-refractivity contribution is 5.81. The van der Waals surface area contributed by atoms with Crippen LogP contribution in [0.1, 0.15) is 12.8 Å². The molecule has 3 aliphatic carbocycles. The van der Waals surface area contributed by atoms with E-state index in [1.54, 1.807) is 7.11 Å². The standard InChI is InChI=1S/C14H18O5/c1-3-10(15)19-13-7-4-5-8(12(13)17-2)11-9(7)6-18-14(11)16/h3,7-9,11-13H,1,4-6H2,2H3. The number of carbonyl (C=O) groups is 2. The topological polar surface area (TPSA) is 61.8 Å². The highest BCUT2D eigenvalue weighted by Crippen LogP contribution is 2.53. The van der Waals surface area contributed by atoms with E-state index < -0.39 is 5.97 Å². The van der Waals surface area contributed by atoms with Crippen LogP contribution in [-0.4, -0.2) is 37.9 Å². The predicted octanol–water partition coefficient (Wildman–Crippen LogP) is 0.928. The van der Waals surface area contributed by atoms with Gasteiger partial charge in [0.2, 0.25) is 0 Å². The molecule has 0 radical (unpaired) electrons. The first kappa shape index (κ1) is 12.7. The maximum absolute atomic E-state index is 11.8. The molecule has 0 aromatic carbocycles. The van der Waals surface area contributed by atoms with Crippen LogP contribution in [0.3, 0.4) is 0 Å². The molecule has 4 rings (SSSR count). The van der Waals surface area contributed by atoms with Crippen molar-refractivity contribution in [1.29, 1.82) is 0 Å². The highest BCUT2D eigenvalue weighted by Gasteiger charge is 2.61. The third-order valence-electron chi connectivity index (χ3n) is 4.85. The Morgan fingerprint density at radius 2 is 2.05 bits per heavy atom. The molecule has 0 aromatic rings. The van der Waals surface area contributed by atoms with Crippen LogP contribution in [0.5, 0.6) is 0 Å². The van der Waals surface area contributed by atoms with Gasteiger partial charge in [-0.2, -0.15) is 0 Å². The van der Waals surface area contributed by atoms with Crippen LogP contribution in [0.4, 0.5) is 0 Å². The molecule has 1 aliphatic heterocycles. The van der Waals surface area contributed by atoms with E-state index in [0.29, 0.717) is 6.61 Å². The molecule has 5 heteroatoms. The zero-order valence-corrected chi connectivity index (χ0v) is 10.9. The fraction of sp³-hybridized carbons (Fsp3) is 0.714. The Labute approximate surface area is 111 Å². The van der Waals surface area contributed by atoms with E-state index in [2.05, 4.69) is 6.58 Å². The minimum Gasteiger partial charge on any atom is -0.465 e. The maximum Gasteiger partial charge on any atom is 0.330 e. The molecule has 5 nitrogen and oxygen atoms in total. The Morgan fingerprint density at radius 1 is 1.32 bits per heavy atom. The van der Waals surface area contributed by atoms with Crippen LogP contribution in [-0.2, 0) is 23.8 Å². The lowest BCUT2D eigenvalue weighted by Gasteiger charge is -2.51. The van der Waals surface area contributed by atoms with Gasteiger partial charge in [0.1, 0.15) is 6.10 Å². The second kappa shape index (κ2) is 4.63. The Hall–Kier alpha value is -1.36. The Bertz CT molecular complexity index is 418. The summed E-state index contributed by atoms with van der Waals surface area (Å²) < 4.78 is 16.2. The lowest BCUT2D eigenvalue weighted by atomic mass is 9.57. The quantitative estimate of drug-likeness (QED) is 0.561. The Kier molecular flexibility index (Phi) is 3.09. The van der Waals surface area contributed by atoms with Gasteiger partial charge in [0.05, 0.1) is 18.6 Å². The first-order chi connectivity index (χ1) is 9.17. The molecule has 2 bridgehead atoms. The van der Waals surface area contributed by atoms with Gasteiger partial charge >= 0.3 is 11.9 Å². The fourth-order valence-electron chi connectivity index (χ4n) is 4.12. The molecule has 19 heavy (non-hydrogen) atoms. The molecule has 6 atom stereocenters. The largest absolute Gasteiger partial charge is 0.465 e. The molecular formula is C14H18O5. The Balaban J connectivity index is 1.88. The van der Waals surface area contributed by atoms with Crippen molar-refractivity contribution < 1.29 is 23.8 Å². The van der Waals surface area contributed by atoms with Crippen molar-refractivity contribution >= 4 is 11.9 Å². The third kappa shape index (κ3) is 1.79. The van der Waals surface area contributed by atoms with Crippen LogP contribution in [0.15, 0.2) is 12.7 Å². The second-order valence-electron chi connectivity index (χ2n) is 5.53. The van der Waals surface area contributed by atoms with Crippen molar-refractivity contribution in [3.63, 3.8) is 0 Å². The van der Waals surface area contributed by atoms with Gasteiger partial charge < -0.3 is 14.2 Å². The number of hydrogen-bond donors (Lipinski definition) is 0. The summed E-state index contributed by atoms with van der Waals surface area (Å²) in [6.07, 6.45) is 2.56. The average molecular weight is 266 g/mol. The molecule has 6 unspecified atom stereocenters. The normalized spacial score (nSPS) is 43.5. The molecule has 4 aliphatic rings. The van der Waals surface area contributed by atoms with Gasteiger partial charge in [0.15, 0.2) is 0 Å². The second-order valence-corrected chi connectivity index (χ2v) is 5.53. The summed E-state index contributed by atoms with van der Waals surface area (Å²) in [6.45, 7) is 3.87. The number of cyclic esters (lactones) is 1. The SMILES string of the molecule is C=CC(=O)OC1C2CCC(C1OC)C1C(=O)OCC21. The number of carbonyl (C=O) groups excluding carboxylic acids is 2. The number of ether oxygens (including phenoxy) is 3. The van der Waals surface area contributed by atoms with Crippen molar-refractivity contribution in [2.75, 3.05) is 13.7 Å². The summed E-state index contributed by atoms with van der Waals surface area (Å²) in [6, 6.07) is 0. The van der Waals surface area contributed by atoms with Crippen molar-refractivity contribution in [3.05, 3.63) is 12.7 Å². The van der Waals surface area contributed by atoms with Crippen molar-refractivity contribution in [3.8, 4) is 0 Å². The van der Waals surface area contributed by atoms with Gasteiger partial charge in [0, 0.05) is 30.9 Å². The first-order valence-electron chi connectivity index (χ1n) is 6.70. The van der Waals surface area contributed by atoms with E-state index in [4.69, 9.17) is 14.2 Å². The van der Waals surface area contributed by atoms with E-state index >= 15 is 0 Å². The van der Waals surface area contributed by atoms with Crippen LogP contribution >= 0.6 is 0 Å². The van der Waals surface area contributed by atoms with Crippen LogP contribution in [0, 0.1) is 23.7 Å². The van der Waals surface area contributed by atoms with Crippen molar-refractivity contribution in [1.82, 2.24) is 0 Å². The Morgan fingerprint density at radius 3 is 2.74 bits per heavy atom. The van der Waals surface area contributed by atoms with E-state index in [0.717, 1.165) is 12.8 Å². The summed E-state index contributed by atoms with van der Waals surface area (Å²) in [5.41, 5.74) is 0. The minimum atomic E-state index is -0.429. The van der Waals surface area contributed by atoms with Gasteiger partial charge in [-0.05, 0) is 12.8 Å².